The van der Waals surface area contributed by atoms with Gasteiger partial charge in [-0.2, -0.15) is 0 Å². The quantitative estimate of drug-likeness (QED) is 0.916. The van der Waals surface area contributed by atoms with Crippen LogP contribution in [0.2, 0.25) is 0 Å². The fourth-order valence-corrected chi connectivity index (χ4v) is 3.74. The molecule has 1 atom stereocenters. The summed E-state index contributed by atoms with van der Waals surface area (Å²) in [5.41, 5.74) is 0. The summed E-state index contributed by atoms with van der Waals surface area (Å²) in [6.07, 6.45) is 1.83. The van der Waals surface area contributed by atoms with Gasteiger partial charge in [0, 0.05) is 25.6 Å². The number of piperidine rings is 1. The number of hydrogen-bond acceptors (Lipinski definition) is 3. The average molecular weight is 314 g/mol. The topological polar surface area (TPSA) is 66.5 Å². The van der Waals surface area contributed by atoms with E-state index in [-0.39, 0.29) is 16.8 Å². The molecule has 0 saturated carbocycles. The highest BCUT2D eigenvalue weighted by Gasteiger charge is 2.27. The summed E-state index contributed by atoms with van der Waals surface area (Å²) >= 11 is 0. The molecule has 1 amide bonds. The fraction of sp³-hybridized carbons (Fsp3) is 0.500. The number of nitrogens with one attached hydrogen (secondary N) is 1. The van der Waals surface area contributed by atoms with Crippen molar-refractivity contribution in [3.8, 4) is 0 Å². The molecule has 1 aliphatic heterocycles. The van der Waals surface area contributed by atoms with E-state index in [1.165, 1.54) is 18.2 Å². The maximum Gasteiger partial charge on any atom is 0.240 e. The zero-order chi connectivity index (χ0) is 15.5. The first-order valence-electron chi connectivity index (χ1n) is 6.98. The van der Waals surface area contributed by atoms with Gasteiger partial charge in [0.1, 0.15) is 5.82 Å². The summed E-state index contributed by atoms with van der Waals surface area (Å²) in [5.74, 6) is -0.575. The number of carbonyl (C=O) groups excluding carboxylic acids is 1. The van der Waals surface area contributed by atoms with Gasteiger partial charge in [-0.05, 0) is 31.0 Å². The smallest absolute Gasteiger partial charge is 0.240 e. The van der Waals surface area contributed by atoms with Gasteiger partial charge in [-0.3, -0.25) is 4.79 Å². The summed E-state index contributed by atoms with van der Waals surface area (Å²) < 4.78 is 40.1. The molecule has 1 aliphatic rings. The Morgan fingerprint density at radius 3 is 2.90 bits per heavy atom. The molecule has 0 radical (unpaired) electrons. The number of sulfonamides is 1. The monoisotopic (exact) mass is 314 g/mol. The van der Waals surface area contributed by atoms with Crippen LogP contribution in [0.25, 0.3) is 0 Å². The van der Waals surface area contributed by atoms with E-state index in [0.717, 1.165) is 12.5 Å². The van der Waals surface area contributed by atoms with E-state index in [9.17, 15) is 17.6 Å². The normalized spacial score (nSPS) is 19.5. The molecular weight excluding hydrogens is 295 g/mol. The summed E-state index contributed by atoms with van der Waals surface area (Å²) in [5, 5.41) is 0. The van der Waals surface area contributed by atoms with Crippen LogP contribution in [0, 0.1) is 5.82 Å². The molecular formula is C14H19FN2O3S. The van der Waals surface area contributed by atoms with Crippen molar-refractivity contribution >= 4 is 15.9 Å². The van der Waals surface area contributed by atoms with Gasteiger partial charge in [-0.25, -0.2) is 17.5 Å². The second kappa shape index (κ2) is 6.53. The summed E-state index contributed by atoms with van der Waals surface area (Å²) in [6.45, 7) is 2.80. The zero-order valence-corrected chi connectivity index (χ0v) is 12.7. The molecule has 1 aromatic carbocycles. The Balaban J connectivity index is 2.08. The van der Waals surface area contributed by atoms with Gasteiger partial charge < -0.3 is 4.90 Å². The van der Waals surface area contributed by atoms with E-state index in [0.29, 0.717) is 25.9 Å². The lowest BCUT2D eigenvalue weighted by atomic mass is 10.1. The summed E-state index contributed by atoms with van der Waals surface area (Å²) in [4.78, 5) is 13.3. The van der Waals surface area contributed by atoms with Gasteiger partial charge in [-0.1, -0.05) is 13.0 Å². The number of carbonyl (C=O) groups is 1. The maximum absolute atomic E-state index is 13.1. The van der Waals surface area contributed by atoms with Gasteiger partial charge in [-0.15, -0.1) is 0 Å². The lowest BCUT2D eigenvalue weighted by Gasteiger charge is -2.32. The van der Waals surface area contributed by atoms with Crippen molar-refractivity contribution in [2.45, 2.75) is 37.1 Å². The predicted molar refractivity (Wildman–Crippen MR) is 76.6 cm³/mol. The molecule has 5 nitrogen and oxygen atoms in total. The van der Waals surface area contributed by atoms with E-state index in [4.69, 9.17) is 0 Å². The van der Waals surface area contributed by atoms with Gasteiger partial charge >= 0.3 is 0 Å². The summed E-state index contributed by atoms with van der Waals surface area (Å²) in [6, 6.07) is 4.56. The average Bonchev–Trinajstić information content (AvgIpc) is 2.46. The third kappa shape index (κ3) is 4.01. The van der Waals surface area contributed by atoms with Crippen molar-refractivity contribution in [1.29, 1.82) is 0 Å². The molecule has 1 N–H and O–H groups in total. The van der Waals surface area contributed by atoms with Crippen molar-refractivity contribution in [1.82, 2.24) is 9.62 Å². The van der Waals surface area contributed by atoms with Gasteiger partial charge in [0.05, 0.1) is 4.90 Å². The van der Waals surface area contributed by atoms with E-state index < -0.39 is 15.8 Å². The first-order valence-corrected chi connectivity index (χ1v) is 8.46. The van der Waals surface area contributed by atoms with E-state index in [1.807, 2.05) is 0 Å². The van der Waals surface area contributed by atoms with Crippen molar-refractivity contribution in [2.24, 2.45) is 0 Å². The molecule has 0 aliphatic carbocycles. The van der Waals surface area contributed by atoms with E-state index in [1.54, 1.807) is 11.8 Å². The minimum Gasteiger partial charge on any atom is -0.341 e. The Kier molecular flexibility index (Phi) is 4.95. The second-order valence-corrected chi connectivity index (χ2v) is 6.83. The molecule has 116 valence electrons. The number of halogens is 1. The minimum absolute atomic E-state index is 0.0182. The highest BCUT2D eigenvalue weighted by atomic mass is 32.2. The van der Waals surface area contributed by atoms with Crippen LogP contribution in [0.1, 0.15) is 26.2 Å². The van der Waals surface area contributed by atoms with Crippen LogP contribution in [0.4, 0.5) is 4.39 Å². The Morgan fingerprint density at radius 1 is 1.48 bits per heavy atom. The third-order valence-corrected chi connectivity index (χ3v) is 5.02. The first kappa shape index (κ1) is 15.9. The fourth-order valence-electron chi connectivity index (χ4n) is 2.45. The Bertz CT molecular complexity index is 618. The molecule has 7 heteroatoms. The molecule has 1 aromatic rings. The largest absolute Gasteiger partial charge is 0.341 e. The SMILES string of the molecule is CCC(=O)N1CCCC(NS(=O)(=O)c2cccc(F)c2)C1. The number of amides is 1. The molecule has 1 heterocycles. The highest BCUT2D eigenvalue weighted by molar-refractivity contribution is 7.89. The third-order valence-electron chi connectivity index (χ3n) is 3.50. The lowest BCUT2D eigenvalue weighted by Crippen LogP contribution is -2.49. The molecule has 1 fully saturated rings. The first-order chi connectivity index (χ1) is 9.92. The highest BCUT2D eigenvalue weighted by Crippen LogP contribution is 2.16. The van der Waals surface area contributed by atoms with Crippen molar-refractivity contribution < 1.29 is 17.6 Å². The molecule has 2 rings (SSSR count). The number of benzene rings is 1. The zero-order valence-electron chi connectivity index (χ0n) is 11.9. The lowest BCUT2D eigenvalue weighted by molar-refractivity contribution is -0.132. The standard InChI is InChI=1S/C14H19FN2O3S/c1-2-14(18)17-8-4-6-12(10-17)16-21(19,20)13-7-3-5-11(15)9-13/h3,5,7,9,12,16H,2,4,6,8,10H2,1H3. The predicted octanol–water partition coefficient (Wildman–Crippen LogP) is 1.50. The Morgan fingerprint density at radius 2 is 2.24 bits per heavy atom. The van der Waals surface area contributed by atoms with Gasteiger partial charge in [0.15, 0.2) is 0 Å². The maximum atomic E-state index is 13.1. The van der Waals surface area contributed by atoms with Crippen LogP contribution in [-0.2, 0) is 14.8 Å². The van der Waals surface area contributed by atoms with Crippen LogP contribution >= 0.6 is 0 Å². The molecule has 0 bridgehead atoms. The molecule has 0 spiro atoms. The van der Waals surface area contributed by atoms with E-state index in [2.05, 4.69) is 4.72 Å². The Hall–Kier alpha value is -1.47. The number of rotatable bonds is 4. The second-order valence-electron chi connectivity index (χ2n) is 5.11. The Labute approximate surface area is 124 Å². The minimum atomic E-state index is -3.77. The number of likely N-dealkylation sites (tertiary alicyclic amines) is 1. The summed E-state index contributed by atoms with van der Waals surface area (Å²) in [7, 11) is -3.77. The number of nitrogens with zero attached hydrogens (tertiary/aromatic N) is 1. The van der Waals surface area contributed by atoms with Gasteiger partial charge in [0.25, 0.3) is 0 Å². The van der Waals surface area contributed by atoms with Crippen LogP contribution in [0.5, 0.6) is 0 Å². The molecule has 1 saturated heterocycles. The number of hydrogen-bond donors (Lipinski definition) is 1. The van der Waals surface area contributed by atoms with Crippen molar-refractivity contribution in [3.05, 3.63) is 30.1 Å². The van der Waals surface area contributed by atoms with Crippen molar-refractivity contribution in [3.63, 3.8) is 0 Å². The van der Waals surface area contributed by atoms with Gasteiger partial charge in [0.2, 0.25) is 15.9 Å². The van der Waals surface area contributed by atoms with Crippen LogP contribution < -0.4 is 4.72 Å². The molecule has 0 aromatic heterocycles. The van der Waals surface area contributed by atoms with Crippen molar-refractivity contribution in [2.75, 3.05) is 13.1 Å². The molecule has 1 unspecified atom stereocenters. The molecule has 21 heavy (non-hydrogen) atoms. The van der Waals surface area contributed by atoms with Crippen LogP contribution in [0.3, 0.4) is 0 Å². The van der Waals surface area contributed by atoms with Crippen LogP contribution in [-0.4, -0.2) is 38.4 Å². The van der Waals surface area contributed by atoms with E-state index >= 15 is 0 Å². The van der Waals surface area contributed by atoms with Crippen LogP contribution in [0.15, 0.2) is 29.2 Å².